The van der Waals surface area contributed by atoms with Crippen molar-refractivity contribution in [2.75, 3.05) is 18.0 Å². The van der Waals surface area contributed by atoms with E-state index in [0.29, 0.717) is 6.04 Å². The second-order valence-corrected chi connectivity index (χ2v) is 7.02. The second-order valence-electron chi connectivity index (χ2n) is 7.02. The molecule has 4 heteroatoms. The highest BCUT2D eigenvalue weighted by molar-refractivity contribution is 5.70. The van der Waals surface area contributed by atoms with Crippen LogP contribution in [0.15, 0.2) is 24.3 Å². The van der Waals surface area contributed by atoms with Crippen LogP contribution < -0.4 is 4.90 Å². The third-order valence-corrected chi connectivity index (χ3v) is 4.21. The van der Waals surface area contributed by atoms with Gasteiger partial charge in [0.1, 0.15) is 5.60 Å². The van der Waals surface area contributed by atoms with Gasteiger partial charge in [-0.2, -0.15) is 0 Å². The molecule has 1 aromatic carbocycles. The lowest BCUT2D eigenvalue weighted by Crippen LogP contribution is -2.50. The molecule has 0 N–H and O–H groups in total. The summed E-state index contributed by atoms with van der Waals surface area (Å²) >= 11 is 0. The molecule has 1 unspecified atom stereocenters. The Morgan fingerprint density at radius 1 is 1.32 bits per heavy atom. The van der Waals surface area contributed by atoms with Crippen LogP contribution in [0, 0.1) is 12.3 Å². The third-order valence-electron chi connectivity index (χ3n) is 4.21. The van der Waals surface area contributed by atoms with Crippen molar-refractivity contribution in [3.63, 3.8) is 0 Å². The van der Waals surface area contributed by atoms with Crippen molar-refractivity contribution in [3.8, 4) is 12.3 Å². The molecule has 2 heterocycles. The standard InChI is InChI=1S/C18H22N2O2/c1-5-13-7-6-8-14(9-13)19-11-16-10-15(19)12-20(16)17(21)22-18(2,3)4/h1,6-9,15-16H,10-12H2,2-4H3/t15?,16-/m0/s1. The van der Waals surface area contributed by atoms with Crippen molar-refractivity contribution in [2.24, 2.45) is 0 Å². The van der Waals surface area contributed by atoms with E-state index in [0.717, 1.165) is 30.8 Å². The minimum Gasteiger partial charge on any atom is -0.444 e. The molecule has 1 amide bonds. The molecular formula is C18H22N2O2. The zero-order valence-corrected chi connectivity index (χ0v) is 13.4. The minimum atomic E-state index is -0.445. The predicted molar refractivity (Wildman–Crippen MR) is 86.9 cm³/mol. The molecule has 2 saturated heterocycles. The van der Waals surface area contributed by atoms with E-state index in [9.17, 15) is 4.79 Å². The summed E-state index contributed by atoms with van der Waals surface area (Å²) in [7, 11) is 0. The monoisotopic (exact) mass is 298 g/mol. The first-order chi connectivity index (χ1) is 10.4. The number of fused-ring (bicyclic) bond motifs is 2. The number of terminal acetylenes is 1. The molecule has 0 aliphatic carbocycles. The van der Waals surface area contributed by atoms with Crippen LogP contribution in [0.1, 0.15) is 32.8 Å². The van der Waals surface area contributed by atoms with E-state index in [1.165, 1.54) is 0 Å². The molecule has 0 radical (unpaired) electrons. The van der Waals surface area contributed by atoms with Gasteiger partial charge in [-0.15, -0.1) is 6.42 Å². The SMILES string of the molecule is C#Cc1cccc(N2C[C@@H]3CC2CN3C(=O)OC(C)(C)C)c1. The summed E-state index contributed by atoms with van der Waals surface area (Å²) in [6.07, 6.45) is 6.28. The molecule has 2 bridgehead atoms. The smallest absolute Gasteiger partial charge is 0.410 e. The molecule has 0 saturated carbocycles. The Morgan fingerprint density at radius 2 is 2.09 bits per heavy atom. The number of rotatable bonds is 1. The van der Waals surface area contributed by atoms with Crippen LogP contribution in [0.25, 0.3) is 0 Å². The van der Waals surface area contributed by atoms with Crippen molar-refractivity contribution in [1.29, 1.82) is 0 Å². The summed E-state index contributed by atoms with van der Waals surface area (Å²) in [6, 6.07) is 8.63. The fourth-order valence-electron chi connectivity index (χ4n) is 3.30. The van der Waals surface area contributed by atoms with Gasteiger partial charge in [0.15, 0.2) is 0 Å². The summed E-state index contributed by atoms with van der Waals surface area (Å²) < 4.78 is 5.49. The minimum absolute atomic E-state index is 0.197. The van der Waals surface area contributed by atoms with Crippen molar-refractivity contribution >= 4 is 11.8 Å². The van der Waals surface area contributed by atoms with Crippen LogP contribution in [0.5, 0.6) is 0 Å². The summed E-state index contributed by atoms with van der Waals surface area (Å²) in [5.74, 6) is 2.68. The Bertz CT molecular complexity index is 627. The summed E-state index contributed by atoms with van der Waals surface area (Å²) in [4.78, 5) is 16.5. The maximum Gasteiger partial charge on any atom is 0.410 e. The molecule has 3 rings (SSSR count). The van der Waals surface area contributed by atoms with Gasteiger partial charge in [-0.1, -0.05) is 12.0 Å². The van der Waals surface area contributed by atoms with Gasteiger partial charge >= 0.3 is 6.09 Å². The number of piperazine rings is 1. The molecule has 22 heavy (non-hydrogen) atoms. The average molecular weight is 298 g/mol. The first-order valence-electron chi connectivity index (χ1n) is 7.70. The van der Waals surface area contributed by atoms with Gasteiger partial charge in [0.2, 0.25) is 0 Å². The van der Waals surface area contributed by atoms with Crippen molar-refractivity contribution in [1.82, 2.24) is 4.90 Å². The normalized spacial score (nSPS) is 23.5. The van der Waals surface area contributed by atoms with E-state index < -0.39 is 5.60 Å². The predicted octanol–water partition coefficient (Wildman–Crippen LogP) is 2.87. The number of anilines is 1. The zero-order chi connectivity index (χ0) is 15.9. The summed E-state index contributed by atoms with van der Waals surface area (Å²) in [6.45, 7) is 7.27. The maximum absolute atomic E-state index is 12.3. The molecule has 0 aromatic heterocycles. The molecule has 2 aliphatic heterocycles. The lowest BCUT2D eigenvalue weighted by molar-refractivity contribution is 0.0215. The Balaban J connectivity index is 1.69. The number of carbonyl (C=O) groups excluding carboxylic acids is 1. The fraction of sp³-hybridized carbons (Fsp3) is 0.500. The lowest BCUT2D eigenvalue weighted by Gasteiger charge is -2.36. The molecule has 1 aromatic rings. The van der Waals surface area contributed by atoms with Gasteiger partial charge in [0, 0.05) is 30.4 Å². The van der Waals surface area contributed by atoms with Gasteiger partial charge < -0.3 is 14.5 Å². The van der Waals surface area contributed by atoms with Gasteiger partial charge in [0.05, 0.1) is 6.04 Å². The number of hydrogen-bond donors (Lipinski definition) is 0. The van der Waals surface area contributed by atoms with Crippen LogP contribution >= 0.6 is 0 Å². The van der Waals surface area contributed by atoms with Crippen molar-refractivity contribution < 1.29 is 9.53 Å². The lowest BCUT2D eigenvalue weighted by atomic mass is 10.1. The van der Waals surface area contributed by atoms with E-state index in [2.05, 4.69) is 16.9 Å². The van der Waals surface area contributed by atoms with E-state index in [1.807, 2.05) is 43.9 Å². The molecule has 2 atom stereocenters. The largest absolute Gasteiger partial charge is 0.444 e. The number of hydrogen-bond acceptors (Lipinski definition) is 3. The topological polar surface area (TPSA) is 32.8 Å². The number of ether oxygens (including phenoxy) is 1. The average Bonchev–Trinajstić information content (AvgIpc) is 3.05. The van der Waals surface area contributed by atoms with Crippen LogP contribution in [-0.4, -0.2) is 41.8 Å². The van der Waals surface area contributed by atoms with Crippen molar-refractivity contribution in [3.05, 3.63) is 29.8 Å². The van der Waals surface area contributed by atoms with E-state index >= 15 is 0 Å². The number of carbonyl (C=O) groups is 1. The van der Waals surface area contributed by atoms with Crippen LogP contribution in [0.2, 0.25) is 0 Å². The highest BCUT2D eigenvalue weighted by Gasteiger charge is 2.46. The fourth-order valence-corrected chi connectivity index (χ4v) is 3.30. The molecule has 116 valence electrons. The van der Waals surface area contributed by atoms with E-state index in [-0.39, 0.29) is 12.1 Å². The zero-order valence-electron chi connectivity index (χ0n) is 13.4. The molecular weight excluding hydrogens is 276 g/mol. The van der Waals surface area contributed by atoms with Gasteiger partial charge in [0.25, 0.3) is 0 Å². The van der Waals surface area contributed by atoms with Gasteiger partial charge in [-0.25, -0.2) is 4.79 Å². The Kier molecular flexibility index (Phi) is 3.52. The van der Waals surface area contributed by atoms with E-state index in [4.69, 9.17) is 11.2 Å². The summed E-state index contributed by atoms with van der Waals surface area (Å²) in [5.41, 5.74) is 1.59. The number of amides is 1. The number of likely N-dealkylation sites (tertiary alicyclic amines) is 1. The number of nitrogens with zero attached hydrogens (tertiary/aromatic N) is 2. The second kappa shape index (κ2) is 5.24. The molecule has 0 spiro atoms. The van der Waals surface area contributed by atoms with Crippen molar-refractivity contribution in [2.45, 2.75) is 44.9 Å². The van der Waals surface area contributed by atoms with Crippen LogP contribution in [-0.2, 0) is 4.74 Å². The summed E-state index contributed by atoms with van der Waals surface area (Å²) in [5, 5.41) is 0. The molecule has 2 aliphatic rings. The highest BCUT2D eigenvalue weighted by Crippen LogP contribution is 2.35. The maximum atomic E-state index is 12.3. The number of benzene rings is 1. The Labute approximate surface area is 132 Å². The molecule has 4 nitrogen and oxygen atoms in total. The van der Waals surface area contributed by atoms with Gasteiger partial charge in [-0.3, -0.25) is 0 Å². The van der Waals surface area contributed by atoms with Crippen LogP contribution in [0.4, 0.5) is 10.5 Å². The molecule has 2 fully saturated rings. The quantitative estimate of drug-likeness (QED) is 0.747. The van der Waals surface area contributed by atoms with Gasteiger partial charge in [-0.05, 0) is 45.4 Å². The Morgan fingerprint density at radius 3 is 2.68 bits per heavy atom. The third kappa shape index (κ3) is 2.76. The first kappa shape index (κ1) is 14.8. The Hall–Kier alpha value is -2.15. The van der Waals surface area contributed by atoms with E-state index in [1.54, 1.807) is 0 Å². The highest BCUT2D eigenvalue weighted by atomic mass is 16.6. The first-order valence-corrected chi connectivity index (χ1v) is 7.70. The van der Waals surface area contributed by atoms with Crippen LogP contribution in [0.3, 0.4) is 0 Å².